The number of nitriles is 1. The molecule has 0 bridgehead atoms. The normalized spacial score (nSPS) is 16.2. The maximum Gasteiger partial charge on any atom is 0.326 e. The number of halogens is 2. The van der Waals surface area contributed by atoms with Crippen molar-refractivity contribution >= 4 is 35.1 Å². The molecule has 0 saturated carbocycles. The molecule has 2 aliphatic heterocycles. The van der Waals surface area contributed by atoms with Crippen LogP contribution in [0.25, 0.3) is 11.1 Å². The Labute approximate surface area is 357 Å². The summed E-state index contributed by atoms with van der Waals surface area (Å²) < 4.78 is 18.7. The quantitative estimate of drug-likeness (QED) is 0.110. The number of aliphatic carboxylic acids is 1. The highest BCUT2D eigenvalue weighted by Gasteiger charge is 2.36. The third-order valence-corrected chi connectivity index (χ3v) is 11.6. The van der Waals surface area contributed by atoms with Crippen LogP contribution < -0.4 is 19.5 Å². The second kappa shape index (κ2) is 17.8. The van der Waals surface area contributed by atoms with Gasteiger partial charge in [-0.3, -0.25) is 9.69 Å². The average Bonchev–Trinajstić information content (AvgIpc) is 3.26. The van der Waals surface area contributed by atoms with Gasteiger partial charge in [-0.05, 0) is 100.0 Å². The van der Waals surface area contributed by atoms with Crippen LogP contribution in [0.5, 0.6) is 23.0 Å². The fourth-order valence-corrected chi connectivity index (χ4v) is 7.83. The summed E-state index contributed by atoms with van der Waals surface area (Å²) in [6, 6.07) is 38.7. The Kier molecular flexibility index (Phi) is 11.9. The van der Waals surface area contributed by atoms with Gasteiger partial charge in [0.25, 0.3) is 0 Å². The minimum atomic E-state index is -1.19. The van der Waals surface area contributed by atoms with Crippen LogP contribution in [0.3, 0.4) is 0 Å². The summed E-state index contributed by atoms with van der Waals surface area (Å²) in [5, 5.41) is 33.9. The van der Waals surface area contributed by atoms with E-state index < -0.39 is 24.0 Å². The first-order chi connectivity index (χ1) is 29.1. The molecule has 60 heavy (non-hydrogen) atoms. The lowest BCUT2D eigenvalue weighted by Gasteiger charge is -2.37. The van der Waals surface area contributed by atoms with Gasteiger partial charge in [-0.15, -0.1) is 0 Å². The predicted molar refractivity (Wildman–Crippen MR) is 227 cm³/mol. The van der Waals surface area contributed by atoms with E-state index in [1.807, 2.05) is 89.8 Å². The average molecular weight is 841 g/mol. The molecule has 0 aliphatic carbocycles. The first-order valence-corrected chi connectivity index (χ1v) is 20.1. The Balaban J connectivity index is 0.968. The van der Waals surface area contributed by atoms with Gasteiger partial charge in [-0.25, -0.2) is 4.79 Å². The Morgan fingerprint density at radius 3 is 2.25 bits per heavy atom. The van der Waals surface area contributed by atoms with Gasteiger partial charge in [0.2, 0.25) is 5.91 Å². The van der Waals surface area contributed by atoms with Crippen molar-refractivity contribution in [3.63, 3.8) is 0 Å². The molecule has 12 heteroatoms. The van der Waals surface area contributed by atoms with Gasteiger partial charge >= 0.3 is 5.97 Å². The molecule has 1 amide bonds. The molecule has 0 fully saturated rings. The molecule has 10 nitrogen and oxygen atoms in total. The Hall–Kier alpha value is -6.51. The van der Waals surface area contributed by atoms with E-state index in [2.05, 4.69) is 11.4 Å². The molecule has 2 aliphatic rings. The predicted octanol–water partition coefficient (Wildman–Crippen LogP) is 9.07. The van der Waals surface area contributed by atoms with E-state index >= 15 is 0 Å². The minimum absolute atomic E-state index is 0.0752. The van der Waals surface area contributed by atoms with Crippen molar-refractivity contribution < 1.29 is 34.0 Å². The fourth-order valence-electron chi connectivity index (χ4n) is 7.51. The molecular weight excluding hydrogens is 801 g/mol. The van der Waals surface area contributed by atoms with Crippen molar-refractivity contribution in [2.75, 3.05) is 6.61 Å². The van der Waals surface area contributed by atoms with E-state index in [-0.39, 0.29) is 37.8 Å². The minimum Gasteiger partial charge on any atom is -0.508 e. The number of carbonyl (C=O) groups is 2. The molecule has 302 valence electrons. The number of rotatable bonds is 12. The van der Waals surface area contributed by atoms with Gasteiger partial charge in [0.1, 0.15) is 30.8 Å². The lowest BCUT2D eigenvalue weighted by atomic mass is 9.91. The zero-order valence-electron chi connectivity index (χ0n) is 32.2. The Morgan fingerprint density at radius 2 is 1.55 bits per heavy atom. The van der Waals surface area contributed by atoms with Crippen LogP contribution in [0.1, 0.15) is 45.0 Å². The van der Waals surface area contributed by atoms with E-state index in [4.69, 9.17) is 42.7 Å². The number of phenols is 1. The number of aromatic hydroxyl groups is 1. The van der Waals surface area contributed by atoms with Gasteiger partial charge < -0.3 is 29.7 Å². The third-order valence-electron chi connectivity index (χ3n) is 10.8. The first-order valence-electron chi connectivity index (χ1n) is 19.4. The van der Waals surface area contributed by atoms with Crippen molar-refractivity contribution in [3.8, 4) is 40.2 Å². The molecule has 0 spiro atoms. The number of nitrogens with one attached hydrogen (secondary N) is 1. The maximum atomic E-state index is 14.2. The summed E-state index contributed by atoms with van der Waals surface area (Å²) >= 11 is 12.2. The van der Waals surface area contributed by atoms with E-state index in [0.29, 0.717) is 51.6 Å². The molecule has 6 aromatic carbocycles. The van der Waals surface area contributed by atoms with Crippen molar-refractivity contribution in [3.05, 3.63) is 176 Å². The zero-order chi connectivity index (χ0) is 41.8. The van der Waals surface area contributed by atoms with Crippen LogP contribution in [0.4, 0.5) is 0 Å². The fraction of sp³-hybridized carbons (Fsp3) is 0.188. The zero-order valence-corrected chi connectivity index (χ0v) is 33.7. The number of carbonyl (C=O) groups excluding carboxylic acids is 1. The van der Waals surface area contributed by atoms with Gasteiger partial charge in [0.15, 0.2) is 17.6 Å². The molecule has 3 N–H and O–H groups in total. The smallest absolute Gasteiger partial charge is 0.326 e. The summed E-state index contributed by atoms with van der Waals surface area (Å²) in [6.45, 7) is 1.18. The number of phenolic OH excluding ortho intramolecular Hbond substituents is 1. The standard InChI is InChI=1S/C48H39Cl2N3O7/c49-39-18-9-31(19-40(39)50)27-58-38-16-14-34(15-17-38)46-28-59-44-22-36-21-42(53(26-37(36)23-45(44)60-46)25-35-3-1-2-4-43(35)54)47(55)52-41(48(56)57)20-29-5-10-32(11-6-29)33-12-7-30(24-51)8-13-33/h1-19,22-23,41-42,46,54H,20-21,25-28H2,(H,52,55)(H,56,57)/t41-,42-,46?/m0/s1. The summed E-state index contributed by atoms with van der Waals surface area (Å²) in [6.07, 6.45) is -0.0185. The molecule has 0 saturated heterocycles. The monoisotopic (exact) mass is 839 g/mol. The molecular formula is C48H39Cl2N3O7. The van der Waals surface area contributed by atoms with E-state index in [1.165, 1.54) is 0 Å². The van der Waals surface area contributed by atoms with Crippen LogP contribution in [0.2, 0.25) is 10.0 Å². The largest absolute Gasteiger partial charge is 0.508 e. The number of benzene rings is 6. The number of hydrogen-bond donors (Lipinski definition) is 3. The van der Waals surface area contributed by atoms with Crippen LogP contribution >= 0.6 is 23.2 Å². The molecule has 2 heterocycles. The van der Waals surface area contributed by atoms with Crippen LogP contribution in [0, 0.1) is 11.3 Å². The Bertz CT molecular complexity index is 2580. The summed E-state index contributed by atoms with van der Waals surface area (Å²) in [5.41, 5.74) is 7.42. The van der Waals surface area contributed by atoms with E-state index in [0.717, 1.165) is 38.9 Å². The summed E-state index contributed by atoms with van der Waals surface area (Å²) in [4.78, 5) is 28.7. The number of carboxylic acids is 1. The number of amides is 1. The first kappa shape index (κ1) is 40.3. The number of ether oxygens (including phenoxy) is 3. The van der Waals surface area contributed by atoms with Crippen molar-refractivity contribution in [2.24, 2.45) is 0 Å². The third kappa shape index (κ3) is 9.19. The number of nitrogens with zero attached hydrogens (tertiary/aromatic N) is 2. The van der Waals surface area contributed by atoms with Crippen molar-refractivity contribution in [1.82, 2.24) is 10.2 Å². The van der Waals surface area contributed by atoms with Crippen LogP contribution in [0.15, 0.2) is 127 Å². The molecule has 1 unspecified atom stereocenters. The van der Waals surface area contributed by atoms with Gasteiger partial charge in [-0.1, -0.05) is 96.0 Å². The van der Waals surface area contributed by atoms with Crippen LogP contribution in [-0.2, 0) is 42.1 Å². The number of carboxylic acid groups (broad SMARTS) is 1. The maximum absolute atomic E-state index is 14.2. The highest BCUT2D eigenvalue weighted by atomic mass is 35.5. The van der Waals surface area contributed by atoms with Gasteiger partial charge in [0, 0.05) is 25.1 Å². The van der Waals surface area contributed by atoms with Gasteiger partial charge in [0.05, 0.1) is 27.7 Å². The second-order valence-corrected chi connectivity index (χ2v) is 15.6. The number of para-hydroxylation sites is 1. The molecule has 0 aromatic heterocycles. The highest BCUT2D eigenvalue weighted by molar-refractivity contribution is 6.42. The van der Waals surface area contributed by atoms with Gasteiger partial charge in [-0.2, -0.15) is 5.26 Å². The lowest BCUT2D eigenvalue weighted by molar-refractivity contribution is -0.142. The molecule has 0 radical (unpaired) electrons. The SMILES string of the molecule is N#Cc1ccc(-c2ccc(C[C@H](NC(=O)[C@@H]3Cc4cc5c(cc4CN3Cc3ccccc3O)OC(c3ccc(OCc4ccc(Cl)c(Cl)c4)cc3)CO5)C(=O)O)cc2)cc1. The molecule has 3 atom stereocenters. The topological polar surface area (TPSA) is 141 Å². The van der Waals surface area contributed by atoms with Crippen molar-refractivity contribution in [1.29, 1.82) is 5.26 Å². The lowest BCUT2D eigenvalue weighted by Crippen LogP contribution is -2.54. The highest BCUT2D eigenvalue weighted by Crippen LogP contribution is 2.41. The molecule has 8 rings (SSSR count). The Morgan fingerprint density at radius 1 is 0.850 bits per heavy atom. The van der Waals surface area contributed by atoms with Crippen LogP contribution in [-0.4, -0.2) is 45.7 Å². The van der Waals surface area contributed by atoms with E-state index in [1.54, 1.807) is 42.5 Å². The second-order valence-electron chi connectivity index (χ2n) is 14.8. The van der Waals surface area contributed by atoms with Crippen molar-refractivity contribution in [2.45, 2.75) is 50.7 Å². The number of fused-ring (bicyclic) bond motifs is 2. The number of hydrogen-bond acceptors (Lipinski definition) is 8. The molecule has 6 aromatic rings. The summed E-state index contributed by atoms with van der Waals surface area (Å²) in [7, 11) is 0. The summed E-state index contributed by atoms with van der Waals surface area (Å²) in [5.74, 6) is 0.341. The van der Waals surface area contributed by atoms with E-state index in [9.17, 15) is 19.8 Å².